The average molecular weight is 578 g/mol. The molecule has 2 unspecified atom stereocenters. The van der Waals surface area contributed by atoms with Gasteiger partial charge in [-0.15, -0.1) is 18.5 Å². The summed E-state index contributed by atoms with van der Waals surface area (Å²) < 4.78 is 31.0. The first kappa shape index (κ1) is 28.3. The van der Waals surface area contributed by atoms with E-state index in [1.54, 1.807) is 42.7 Å². The first-order valence-corrected chi connectivity index (χ1v) is 13.0. The molecule has 0 aliphatic carbocycles. The van der Waals surface area contributed by atoms with Crippen LogP contribution in [0.5, 0.6) is 34.5 Å². The number of hydrogen-bond acceptors (Lipinski definition) is 6. The molecule has 29 heavy (non-hydrogen) atoms. The third kappa shape index (κ3) is 8.54. The second-order valence-corrected chi connectivity index (χ2v) is 8.50. The maximum atomic E-state index is 5.18. The van der Waals surface area contributed by atoms with Gasteiger partial charge in [0.25, 0.3) is 0 Å². The molecule has 11 heteroatoms. The van der Waals surface area contributed by atoms with Crippen molar-refractivity contribution in [2.45, 2.75) is 0 Å². The molecule has 2 aromatic rings. The first-order valence-electron chi connectivity index (χ1n) is 7.81. The van der Waals surface area contributed by atoms with Crippen molar-refractivity contribution in [3.05, 3.63) is 24.3 Å². The molecule has 0 saturated carbocycles. The summed E-state index contributed by atoms with van der Waals surface area (Å²) in [6.45, 7) is 0. The van der Waals surface area contributed by atoms with Gasteiger partial charge in [-0.25, -0.2) is 0 Å². The van der Waals surface area contributed by atoms with Crippen LogP contribution in [0.3, 0.4) is 0 Å². The fraction of sp³-hybridized carbons (Fsp3) is 0.333. The Balaban J connectivity index is 0.000000477. The second kappa shape index (κ2) is 16.1. The van der Waals surface area contributed by atoms with Crippen LogP contribution in [0.15, 0.2) is 24.3 Å². The number of halogens is 2. The molecule has 168 valence electrons. The summed E-state index contributed by atoms with van der Waals surface area (Å²) in [5.41, 5.74) is 0. The van der Waals surface area contributed by atoms with Crippen LogP contribution in [0.25, 0.3) is 0 Å². The van der Waals surface area contributed by atoms with Crippen LogP contribution in [0.2, 0.25) is 0 Å². The third-order valence-electron chi connectivity index (χ3n) is 3.47. The SMILES string of the molecule is COc1ccc(P)c(OC)c1OC.COc1ccc(P)c(OC)c1OC.[Cl][Pd][Cl]. The van der Waals surface area contributed by atoms with Crippen molar-refractivity contribution in [3.8, 4) is 34.5 Å². The maximum absolute atomic E-state index is 5.18. The van der Waals surface area contributed by atoms with Gasteiger partial charge in [-0.3, -0.25) is 0 Å². The minimum atomic E-state index is -0.106. The average Bonchev–Trinajstić information content (AvgIpc) is 2.73. The fourth-order valence-electron chi connectivity index (χ4n) is 2.25. The Bertz CT molecular complexity index is 691. The van der Waals surface area contributed by atoms with Crippen LogP contribution >= 0.6 is 37.5 Å². The van der Waals surface area contributed by atoms with E-state index in [1.165, 1.54) is 0 Å². The number of ether oxygens (including phenoxy) is 6. The van der Waals surface area contributed by atoms with E-state index in [4.69, 9.17) is 47.5 Å². The van der Waals surface area contributed by atoms with E-state index in [9.17, 15) is 0 Å². The number of hydrogen-bond donors (Lipinski definition) is 0. The number of rotatable bonds is 6. The molecule has 0 saturated heterocycles. The molecule has 2 aromatic carbocycles. The summed E-state index contributed by atoms with van der Waals surface area (Å²) in [6, 6.07) is 7.46. The Morgan fingerprint density at radius 3 is 1.03 bits per heavy atom. The van der Waals surface area contributed by atoms with Gasteiger partial charge in [0.05, 0.1) is 42.7 Å². The van der Waals surface area contributed by atoms with E-state index < -0.39 is 0 Å². The van der Waals surface area contributed by atoms with Crippen LogP contribution in [0.1, 0.15) is 0 Å². The normalized spacial score (nSPS) is 9.31. The Labute approximate surface area is 193 Å². The summed E-state index contributed by atoms with van der Waals surface area (Å²) in [5, 5.41) is 1.89. The quantitative estimate of drug-likeness (QED) is 0.385. The van der Waals surface area contributed by atoms with Gasteiger partial charge >= 0.3 is 35.0 Å². The molecule has 0 aliphatic heterocycles. The molecule has 0 N–H and O–H groups in total. The third-order valence-corrected chi connectivity index (χ3v) is 4.38. The number of methoxy groups -OCH3 is 6. The second-order valence-electron chi connectivity index (χ2n) is 4.89. The van der Waals surface area contributed by atoms with E-state index in [0.717, 1.165) is 10.6 Å². The zero-order valence-electron chi connectivity index (χ0n) is 17.0. The summed E-state index contributed by atoms with van der Waals surface area (Å²) in [7, 11) is 24.4. The zero-order chi connectivity index (χ0) is 22.4. The van der Waals surface area contributed by atoms with Crippen molar-refractivity contribution in [1.29, 1.82) is 0 Å². The molecule has 2 rings (SSSR count). The van der Waals surface area contributed by atoms with E-state index in [2.05, 4.69) is 18.5 Å². The van der Waals surface area contributed by atoms with Gasteiger partial charge in [-0.1, -0.05) is 0 Å². The Morgan fingerprint density at radius 2 is 0.828 bits per heavy atom. The van der Waals surface area contributed by atoms with Crippen LogP contribution in [0.4, 0.5) is 0 Å². The summed E-state index contributed by atoms with van der Waals surface area (Å²) in [5.74, 6) is 3.96. The molecule has 0 spiro atoms. The molecule has 0 bridgehead atoms. The van der Waals surface area contributed by atoms with Gasteiger partial charge in [0.2, 0.25) is 11.5 Å². The van der Waals surface area contributed by atoms with Gasteiger partial charge in [-0.2, -0.15) is 0 Å². The Hall–Kier alpha value is -0.658. The molecule has 0 heterocycles. The summed E-state index contributed by atoms with van der Waals surface area (Å²) in [4.78, 5) is 0. The van der Waals surface area contributed by atoms with Crippen molar-refractivity contribution in [3.63, 3.8) is 0 Å². The van der Waals surface area contributed by atoms with Crippen molar-refractivity contribution in [2.75, 3.05) is 42.7 Å². The van der Waals surface area contributed by atoms with Crippen LogP contribution in [-0.4, -0.2) is 42.7 Å². The van der Waals surface area contributed by atoms with Crippen molar-refractivity contribution >= 4 is 48.1 Å². The van der Waals surface area contributed by atoms with Gasteiger partial charge < -0.3 is 28.4 Å². The van der Waals surface area contributed by atoms with Gasteiger partial charge in [0.1, 0.15) is 0 Å². The molecular weight excluding hydrogens is 551 g/mol. The standard InChI is InChI=1S/2C9H13O3P.2ClH.Pd/c2*1-10-6-4-5-7(13)9(12-3)8(6)11-2;;;/h2*4-5H,13H2,1-3H3;2*1H;/q;;;;+2/p-2. The Morgan fingerprint density at radius 1 is 0.552 bits per heavy atom. The van der Waals surface area contributed by atoms with Crippen molar-refractivity contribution in [1.82, 2.24) is 0 Å². The first-order chi connectivity index (χ1) is 13.9. The molecule has 0 aliphatic rings. The predicted octanol–water partition coefficient (Wildman–Crippen LogP) is 3.80. The summed E-state index contributed by atoms with van der Waals surface area (Å²) >= 11 is -0.106. The van der Waals surface area contributed by atoms with Gasteiger partial charge in [-0.05, 0) is 24.3 Å². The predicted molar refractivity (Wildman–Crippen MR) is 123 cm³/mol. The van der Waals surface area contributed by atoms with E-state index in [-0.39, 0.29) is 15.9 Å². The van der Waals surface area contributed by atoms with Gasteiger partial charge in [0, 0.05) is 10.6 Å². The van der Waals surface area contributed by atoms with Gasteiger partial charge in [0.15, 0.2) is 23.0 Å². The molecule has 6 nitrogen and oxygen atoms in total. The van der Waals surface area contributed by atoms with E-state index in [0.29, 0.717) is 34.5 Å². The molecule has 0 aromatic heterocycles. The van der Waals surface area contributed by atoms with Crippen LogP contribution in [0, 0.1) is 0 Å². The fourth-order valence-corrected chi connectivity index (χ4v) is 2.94. The van der Waals surface area contributed by atoms with Crippen LogP contribution < -0.4 is 39.0 Å². The molecule has 2 atom stereocenters. The van der Waals surface area contributed by atoms with Crippen LogP contribution in [-0.2, 0) is 15.9 Å². The van der Waals surface area contributed by atoms with Crippen molar-refractivity contribution in [2.24, 2.45) is 0 Å². The summed E-state index contributed by atoms with van der Waals surface area (Å²) in [6.07, 6.45) is 0. The van der Waals surface area contributed by atoms with Crippen molar-refractivity contribution < 1.29 is 44.4 Å². The monoisotopic (exact) mass is 576 g/mol. The van der Waals surface area contributed by atoms with E-state index in [1.807, 2.05) is 24.3 Å². The Kier molecular flexibility index (Phi) is 15.7. The molecule has 0 radical (unpaired) electrons. The van der Waals surface area contributed by atoms with E-state index >= 15 is 0 Å². The zero-order valence-corrected chi connectivity index (χ0v) is 22.4. The minimum absolute atomic E-state index is 0.106. The molecule has 0 fully saturated rings. The topological polar surface area (TPSA) is 55.4 Å². The molecular formula is C18H26Cl2O6P2Pd. The molecule has 0 amide bonds. The number of benzene rings is 2.